The number of carbonyl (C=O) groups is 3. The number of nitrogens with one attached hydrogen (secondary N) is 3. The fourth-order valence-corrected chi connectivity index (χ4v) is 1.72. The van der Waals surface area contributed by atoms with E-state index in [0.29, 0.717) is 37.0 Å². The van der Waals surface area contributed by atoms with Crippen molar-refractivity contribution in [2.24, 2.45) is 17.8 Å². The Bertz CT molecular complexity index is 372. The number of rotatable bonds is 9. The fourth-order valence-electron chi connectivity index (χ4n) is 1.72. The molecule has 0 aromatic carbocycles. The third-order valence-corrected chi connectivity index (χ3v) is 3.02. The molecule has 3 unspecified atom stereocenters. The van der Waals surface area contributed by atoms with Gasteiger partial charge in [0.2, 0.25) is 0 Å². The van der Waals surface area contributed by atoms with Gasteiger partial charge in [0.25, 0.3) is 17.9 Å². The van der Waals surface area contributed by atoms with Gasteiger partial charge < -0.3 is 32.5 Å². The Morgan fingerprint density at radius 1 is 0.571 bits per heavy atom. The van der Waals surface area contributed by atoms with Crippen LogP contribution in [0.1, 0.15) is 60.8 Å². The Labute approximate surface area is 178 Å². The average molecular weight is 449 g/mol. The number of hydrogen-bond donors (Lipinski definition) is 3. The van der Waals surface area contributed by atoms with E-state index in [1.165, 1.54) is 0 Å². The molecule has 9 nitrogen and oxygen atoms in total. The summed E-state index contributed by atoms with van der Waals surface area (Å²) in [5.74, 6) is -2.19. The van der Waals surface area contributed by atoms with Crippen molar-refractivity contribution in [2.75, 3.05) is 0 Å². The van der Waals surface area contributed by atoms with Crippen LogP contribution >= 0.6 is 0 Å². The summed E-state index contributed by atoms with van der Waals surface area (Å²) in [6.07, 6.45) is 1.32. The van der Waals surface area contributed by atoms with Crippen molar-refractivity contribution >= 4 is 17.9 Å². The van der Waals surface area contributed by atoms with Gasteiger partial charge in [-0.1, -0.05) is 60.8 Å². The molecule has 0 aliphatic carbocycles. The summed E-state index contributed by atoms with van der Waals surface area (Å²) < 4.78 is 0. The zero-order chi connectivity index (χ0) is 22.3. The molecule has 0 radical (unpaired) electrons. The monoisotopic (exact) mass is 449 g/mol. The summed E-state index contributed by atoms with van der Waals surface area (Å²) >= 11 is 0. The molecule has 0 amide bonds. The Balaban J connectivity index is -0.000000152. The van der Waals surface area contributed by atoms with Crippen molar-refractivity contribution in [1.82, 2.24) is 0 Å². The molecule has 0 aliphatic heterocycles. The molecule has 0 saturated heterocycles. The molecule has 0 heterocycles. The quantitative estimate of drug-likeness (QED) is 0.461. The first-order valence-corrected chi connectivity index (χ1v) is 8.93. The molecule has 0 saturated carbocycles. The second-order valence-corrected chi connectivity index (χ2v) is 7.56. The Hall–Kier alpha value is -1.20. The van der Waals surface area contributed by atoms with Crippen molar-refractivity contribution in [2.45, 2.75) is 78.9 Å². The fraction of sp³-hybridized carbons (Fsp3) is 0.833. The van der Waals surface area contributed by atoms with E-state index in [-0.39, 0.29) is 16.8 Å². The molecule has 3 atom stereocenters. The first-order valence-electron chi connectivity index (χ1n) is 8.93. The van der Waals surface area contributed by atoms with Crippen LogP contribution in [0.3, 0.4) is 0 Å². The van der Waals surface area contributed by atoms with Gasteiger partial charge in [0.05, 0.1) is 0 Å². The molecule has 168 valence electrons. The topological polar surface area (TPSA) is 183 Å². The first-order chi connectivity index (χ1) is 12.1. The number of aliphatic carboxylic acids is 3. The van der Waals surface area contributed by atoms with Crippen LogP contribution in [0.4, 0.5) is 0 Å². The molecule has 0 aromatic rings. The second kappa shape index (κ2) is 19.1. The molecule has 0 fully saturated rings. The standard InChI is InChI=1S/3C6H12NO2.Co/c3*1-4(2)3-5(7)6(8)9;/h3*4-5,7H,3H2,1-2H3,(H,8,9);/q3*-1;+3. The van der Waals surface area contributed by atoms with Gasteiger partial charge in [-0.05, 0) is 35.9 Å². The molecule has 0 bridgehead atoms. The van der Waals surface area contributed by atoms with Gasteiger partial charge >= 0.3 is 16.8 Å². The van der Waals surface area contributed by atoms with Crippen LogP contribution in [0.25, 0.3) is 17.2 Å². The zero-order valence-electron chi connectivity index (χ0n) is 17.5. The van der Waals surface area contributed by atoms with E-state index in [4.69, 9.17) is 32.5 Å². The maximum absolute atomic E-state index is 10.0. The Kier molecular flexibility index (Phi) is 23.4. The summed E-state index contributed by atoms with van der Waals surface area (Å²) in [6, 6.07) is -2.82. The van der Waals surface area contributed by atoms with Crippen LogP contribution in [0.15, 0.2) is 0 Å². The van der Waals surface area contributed by atoms with E-state index in [2.05, 4.69) is 0 Å². The van der Waals surface area contributed by atoms with Crippen molar-refractivity contribution in [1.29, 1.82) is 0 Å². The van der Waals surface area contributed by atoms with E-state index in [1.54, 1.807) is 0 Å². The first kappa shape index (κ1) is 34.3. The van der Waals surface area contributed by atoms with Crippen molar-refractivity contribution in [3.05, 3.63) is 17.2 Å². The summed E-state index contributed by atoms with van der Waals surface area (Å²) in [6.45, 7) is 11.4. The van der Waals surface area contributed by atoms with E-state index >= 15 is 0 Å². The van der Waals surface area contributed by atoms with E-state index in [1.807, 2.05) is 41.5 Å². The van der Waals surface area contributed by atoms with Gasteiger partial charge in [0, 0.05) is 0 Å². The summed E-state index contributed by atoms with van der Waals surface area (Å²) in [7, 11) is 0. The largest absolute Gasteiger partial charge is 3.00 e. The average Bonchev–Trinajstić information content (AvgIpc) is 2.46. The molecule has 28 heavy (non-hydrogen) atoms. The normalized spacial score (nSPS) is 13.3. The van der Waals surface area contributed by atoms with Gasteiger partial charge in [-0.15, -0.1) is 0 Å². The predicted octanol–water partition coefficient (Wildman–Crippen LogP) is 4.61. The summed E-state index contributed by atoms with van der Waals surface area (Å²) in [5, 5.41) is 24.7. The van der Waals surface area contributed by atoms with Gasteiger partial charge in [-0.3, -0.25) is 14.4 Å². The van der Waals surface area contributed by atoms with Crippen LogP contribution < -0.4 is 0 Å². The smallest absolute Gasteiger partial charge is 0.665 e. The van der Waals surface area contributed by atoms with Crippen LogP contribution in [0.5, 0.6) is 0 Å². The number of carboxylic acids is 3. The maximum Gasteiger partial charge on any atom is 3.00 e. The third-order valence-electron chi connectivity index (χ3n) is 3.02. The van der Waals surface area contributed by atoms with Gasteiger partial charge in [0.15, 0.2) is 0 Å². The van der Waals surface area contributed by atoms with Crippen molar-refractivity contribution < 1.29 is 46.5 Å². The molecule has 6 N–H and O–H groups in total. The number of carboxylic acid groups (broad SMARTS) is 3. The van der Waals surface area contributed by atoms with Crippen molar-refractivity contribution in [3.8, 4) is 0 Å². The maximum atomic E-state index is 10.0. The predicted molar refractivity (Wildman–Crippen MR) is 106 cm³/mol. The van der Waals surface area contributed by atoms with Crippen LogP contribution in [0.2, 0.25) is 0 Å². The SMILES string of the molecule is CC(C)CC([NH-])C(=O)O.CC(C)CC([NH-])C(=O)O.CC(C)CC([NH-])C(=O)O.[Co+3]. The second-order valence-electron chi connectivity index (χ2n) is 7.56. The van der Waals surface area contributed by atoms with Crippen molar-refractivity contribution in [3.63, 3.8) is 0 Å². The molecule has 0 aromatic heterocycles. The Morgan fingerprint density at radius 2 is 0.714 bits per heavy atom. The molecular formula is C18H36CoN3O6. The third kappa shape index (κ3) is 27.0. The van der Waals surface area contributed by atoms with Gasteiger partial charge in [-0.2, -0.15) is 0 Å². The van der Waals surface area contributed by atoms with Gasteiger partial charge in [0.1, 0.15) is 0 Å². The summed E-state index contributed by atoms with van der Waals surface area (Å²) in [4.78, 5) is 30.1. The molecule has 0 rings (SSSR count). The van der Waals surface area contributed by atoms with E-state index < -0.39 is 36.0 Å². The minimum atomic E-state index is -1.02. The van der Waals surface area contributed by atoms with E-state index in [0.717, 1.165) is 0 Å². The molecule has 0 aliphatic rings. The molecular weight excluding hydrogens is 413 g/mol. The van der Waals surface area contributed by atoms with Gasteiger partial charge in [-0.25, -0.2) is 0 Å². The van der Waals surface area contributed by atoms with Crippen LogP contribution in [0, 0.1) is 17.8 Å². The molecule has 0 spiro atoms. The van der Waals surface area contributed by atoms with Crippen LogP contribution in [-0.2, 0) is 31.2 Å². The Morgan fingerprint density at radius 3 is 0.750 bits per heavy atom. The van der Waals surface area contributed by atoms with E-state index in [9.17, 15) is 14.4 Å². The minimum Gasteiger partial charge on any atom is -0.665 e. The molecule has 10 heteroatoms. The zero-order valence-corrected chi connectivity index (χ0v) is 18.5. The van der Waals surface area contributed by atoms with Crippen LogP contribution in [-0.4, -0.2) is 51.4 Å². The summed E-state index contributed by atoms with van der Waals surface area (Å²) in [5.41, 5.74) is 20.9. The number of hydrogen-bond acceptors (Lipinski definition) is 3. The minimum absolute atomic E-state index is 0.